The molecule has 0 spiro atoms. The van der Waals surface area contributed by atoms with Crippen LogP contribution in [0.5, 0.6) is 0 Å². The maximum Gasteiger partial charge on any atom is 0.264 e. The number of aromatic nitrogens is 5. The number of hydrogen-bond donors (Lipinski definition) is 2. The molecule has 146 valence electrons. The summed E-state index contributed by atoms with van der Waals surface area (Å²) < 4.78 is 0. The Bertz CT molecular complexity index is 1330. The summed E-state index contributed by atoms with van der Waals surface area (Å²) in [4.78, 5) is 21.8. The smallest absolute Gasteiger partial charge is 0.264 e. The van der Waals surface area contributed by atoms with Gasteiger partial charge in [0, 0.05) is 17.1 Å². The number of amidine groups is 1. The van der Waals surface area contributed by atoms with Crippen LogP contribution in [0.1, 0.15) is 5.56 Å². The Morgan fingerprint density at radius 2 is 2.07 bits per heavy atom. The minimum atomic E-state index is -0.213. The molecule has 0 saturated carbocycles. The summed E-state index contributed by atoms with van der Waals surface area (Å²) in [7, 11) is 0. The number of nitrogens with zero attached hydrogens (tertiary/aromatic N) is 5. The third-order valence-corrected chi connectivity index (χ3v) is 5.58. The molecular formula is C20H12ClN7OS. The predicted octanol–water partition coefficient (Wildman–Crippen LogP) is 3.96. The Balaban J connectivity index is 1.44. The molecule has 10 heteroatoms. The van der Waals surface area contributed by atoms with Crippen LogP contribution in [0.2, 0.25) is 5.02 Å². The van der Waals surface area contributed by atoms with Gasteiger partial charge in [-0.25, -0.2) is 4.99 Å². The molecule has 30 heavy (non-hydrogen) atoms. The highest BCUT2D eigenvalue weighted by Crippen LogP contribution is 2.33. The van der Waals surface area contributed by atoms with E-state index in [4.69, 9.17) is 11.6 Å². The van der Waals surface area contributed by atoms with Crippen LogP contribution < -0.4 is 5.32 Å². The van der Waals surface area contributed by atoms with E-state index < -0.39 is 0 Å². The topological polar surface area (TPSA) is 109 Å². The second-order valence-electron chi connectivity index (χ2n) is 6.34. The van der Waals surface area contributed by atoms with Crippen LogP contribution in [-0.2, 0) is 4.79 Å². The van der Waals surface area contributed by atoms with Crippen molar-refractivity contribution in [2.75, 3.05) is 0 Å². The molecule has 2 N–H and O–H groups in total. The maximum absolute atomic E-state index is 12.4. The molecule has 1 aliphatic heterocycles. The zero-order chi connectivity index (χ0) is 20.5. The first kappa shape index (κ1) is 18.5. The van der Waals surface area contributed by atoms with Crippen LogP contribution in [0, 0.1) is 0 Å². The Labute approximate surface area is 179 Å². The van der Waals surface area contributed by atoms with Gasteiger partial charge < -0.3 is 5.32 Å². The number of carbonyl (C=O) groups is 1. The average Bonchev–Trinajstić information content (AvgIpc) is 3.40. The minimum Gasteiger partial charge on any atom is -0.300 e. The number of pyridine rings is 1. The van der Waals surface area contributed by atoms with E-state index in [1.54, 1.807) is 24.4 Å². The lowest BCUT2D eigenvalue weighted by atomic mass is 10.1. The molecule has 0 aliphatic carbocycles. The zero-order valence-electron chi connectivity index (χ0n) is 15.2. The van der Waals surface area contributed by atoms with Crippen molar-refractivity contribution in [1.29, 1.82) is 0 Å². The monoisotopic (exact) mass is 433 g/mol. The number of carbonyl (C=O) groups excluding carboxylic acids is 1. The van der Waals surface area contributed by atoms with Crippen LogP contribution >= 0.6 is 23.4 Å². The first-order valence-corrected chi connectivity index (χ1v) is 10.0. The van der Waals surface area contributed by atoms with E-state index in [1.165, 1.54) is 11.8 Å². The third-order valence-electron chi connectivity index (χ3n) is 4.35. The number of benzene rings is 2. The van der Waals surface area contributed by atoms with Crippen LogP contribution in [0.15, 0.2) is 64.6 Å². The van der Waals surface area contributed by atoms with Crippen molar-refractivity contribution < 1.29 is 4.79 Å². The molecule has 0 unspecified atom stereocenters. The number of rotatable bonds is 3. The molecular weight excluding hydrogens is 422 g/mol. The molecule has 0 atom stereocenters. The van der Waals surface area contributed by atoms with Crippen molar-refractivity contribution >= 4 is 57.1 Å². The normalized spacial score (nSPS) is 16.5. The maximum atomic E-state index is 12.4. The fourth-order valence-electron chi connectivity index (χ4n) is 2.95. The van der Waals surface area contributed by atoms with Gasteiger partial charge in [-0.15, -0.1) is 10.2 Å². The Morgan fingerprint density at radius 3 is 2.93 bits per heavy atom. The Hall–Kier alpha value is -3.56. The molecule has 1 saturated heterocycles. The van der Waals surface area contributed by atoms with E-state index in [2.05, 4.69) is 35.9 Å². The fourth-order valence-corrected chi connectivity index (χ4v) is 3.94. The van der Waals surface area contributed by atoms with Crippen molar-refractivity contribution in [3.05, 3.63) is 70.2 Å². The number of tetrazole rings is 1. The first-order valence-electron chi connectivity index (χ1n) is 8.83. The molecule has 1 fully saturated rings. The van der Waals surface area contributed by atoms with Gasteiger partial charge in [0.1, 0.15) is 0 Å². The third kappa shape index (κ3) is 3.68. The van der Waals surface area contributed by atoms with Gasteiger partial charge in [0.05, 0.1) is 21.1 Å². The Morgan fingerprint density at radius 1 is 1.13 bits per heavy atom. The largest absolute Gasteiger partial charge is 0.300 e. The molecule has 1 amide bonds. The van der Waals surface area contributed by atoms with Crippen LogP contribution in [-0.4, -0.2) is 36.7 Å². The molecule has 3 heterocycles. The summed E-state index contributed by atoms with van der Waals surface area (Å²) in [5.41, 5.74) is 3.02. The average molecular weight is 434 g/mol. The summed E-state index contributed by atoms with van der Waals surface area (Å²) in [6.07, 6.45) is 3.58. The summed E-state index contributed by atoms with van der Waals surface area (Å²) in [6, 6.07) is 14.9. The number of nitrogens with one attached hydrogen (secondary N) is 2. The molecule has 2 aromatic carbocycles. The molecule has 1 aliphatic rings. The number of halogens is 1. The number of amides is 1. The van der Waals surface area contributed by atoms with Gasteiger partial charge in [-0.1, -0.05) is 23.7 Å². The standard InChI is InChI=1S/C20H12ClN7OS/c21-14-5-4-13(18-25-27-28-26-18)10-16(14)23-20-24-19(29)17(30-20)9-11-3-6-15-12(8-11)2-1-7-22-15/h1-10H,(H,23,24,29)(H,25,26,27,28). The molecule has 5 rings (SSSR count). The van der Waals surface area contributed by atoms with E-state index in [1.807, 2.05) is 36.4 Å². The minimum absolute atomic E-state index is 0.213. The van der Waals surface area contributed by atoms with E-state index in [9.17, 15) is 4.79 Å². The Kier molecular flexibility index (Phi) is 4.74. The second kappa shape index (κ2) is 7.69. The summed E-state index contributed by atoms with van der Waals surface area (Å²) in [5.74, 6) is 0.220. The number of aromatic amines is 1. The fraction of sp³-hybridized carbons (Fsp3) is 0. The van der Waals surface area contributed by atoms with E-state index >= 15 is 0 Å². The number of thioether (sulfide) groups is 1. The van der Waals surface area contributed by atoms with Gasteiger partial charge in [0.25, 0.3) is 5.91 Å². The summed E-state index contributed by atoms with van der Waals surface area (Å²) in [6.45, 7) is 0. The predicted molar refractivity (Wildman–Crippen MR) is 117 cm³/mol. The van der Waals surface area contributed by atoms with Crippen LogP contribution in [0.4, 0.5) is 5.69 Å². The van der Waals surface area contributed by atoms with Gasteiger partial charge >= 0.3 is 0 Å². The van der Waals surface area contributed by atoms with Crippen molar-refractivity contribution in [1.82, 2.24) is 30.9 Å². The van der Waals surface area contributed by atoms with E-state index in [-0.39, 0.29) is 5.91 Å². The summed E-state index contributed by atoms with van der Waals surface area (Å²) >= 11 is 7.53. The van der Waals surface area contributed by atoms with Gasteiger partial charge in [-0.2, -0.15) is 5.21 Å². The lowest BCUT2D eigenvalue weighted by Gasteiger charge is -2.02. The van der Waals surface area contributed by atoms with Crippen molar-refractivity contribution in [2.45, 2.75) is 0 Å². The van der Waals surface area contributed by atoms with Crippen LogP contribution in [0.25, 0.3) is 28.4 Å². The molecule has 0 radical (unpaired) electrons. The molecule has 0 bridgehead atoms. The lowest BCUT2D eigenvalue weighted by Crippen LogP contribution is -2.19. The lowest BCUT2D eigenvalue weighted by molar-refractivity contribution is -0.115. The van der Waals surface area contributed by atoms with Gasteiger partial charge in [-0.3, -0.25) is 9.78 Å². The number of H-pyrrole nitrogens is 1. The molecule has 4 aromatic rings. The number of hydrogen-bond acceptors (Lipinski definition) is 7. The quantitative estimate of drug-likeness (QED) is 0.473. The first-order chi connectivity index (χ1) is 14.7. The highest BCUT2D eigenvalue weighted by Gasteiger charge is 2.24. The number of aliphatic imine (C=N–C) groups is 1. The van der Waals surface area contributed by atoms with E-state index in [0.29, 0.717) is 32.2 Å². The van der Waals surface area contributed by atoms with Gasteiger partial charge in [-0.05, 0) is 65.0 Å². The van der Waals surface area contributed by atoms with Crippen LogP contribution in [0.3, 0.4) is 0 Å². The van der Waals surface area contributed by atoms with Gasteiger partial charge in [0.15, 0.2) is 5.17 Å². The molecule has 8 nitrogen and oxygen atoms in total. The molecule has 2 aromatic heterocycles. The van der Waals surface area contributed by atoms with Crippen molar-refractivity contribution in [3.63, 3.8) is 0 Å². The summed E-state index contributed by atoms with van der Waals surface area (Å²) in [5, 5.41) is 18.6. The van der Waals surface area contributed by atoms with E-state index in [0.717, 1.165) is 16.5 Å². The second-order valence-corrected chi connectivity index (χ2v) is 7.78. The highest BCUT2D eigenvalue weighted by molar-refractivity contribution is 8.18. The van der Waals surface area contributed by atoms with Gasteiger partial charge in [0.2, 0.25) is 5.82 Å². The highest BCUT2D eigenvalue weighted by atomic mass is 35.5. The van der Waals surface area contributed by atoms with Crippen molar-refractivity contribution in [3.8, 4) is 11.4 Å². The number of fused-ring (bicyclic) bond motifs is 1. The SMILES string of the molecule is O=C1NC(=Nc2cc(-c3nn[nH]n3)ccc2Cl)SC1=Cc1ccc2ncccc2c1. The van der Waals surface area contributed by atoms with Crippen molar-refractivity contribution in [2.24, 2.45) is 4.99 Å². The zero-order valence-corrected chi connectivity index (χ0v) is 16.8.